The largest absolute Gasteiger partial charge is 0.375 e. The van der Waals surface area contributed by atoms with Gasteiger partial charge in [-0.05, 0) is 12.5 Å². The number of aromatic nitrogens is 1. The third kappa shape index (κ3) is 2.24. The average molecular weight is 258 g/mol. The molecule has 0 saturated carbocycles. The van der Waals surface area contributed by atoms with Crippen LogP contribution in [0.3, 0.4) is 0 Å². The molecule has 1 aliphatic rings. The summed E-state index contributed by atoms with van der Waals surface area (Å²) in [6.07, 6.45) is 2.92. The summed E-state index contributed by atoms with van der Waals surface area (Å²) in [7, 11) is 0. The van der Waals surface area contributed by atoms with Crippen LogP contribution in [0, 0.1) is 0 Å². The maximum absolute atomic E-state index is 12.6. The molecule has 1 aromatic carbocycles. The van der Waals surface area contributed by atoms with E-state index in [0.29, 0.717) is 19.7 Å². The van der Waals surface area contributed by atoms with Crippen LogP contribution in [0.25, 0.3) is 10.9 Å². The number of nitrogens with one attached hydrogen (secondary N) is 1. The minimum absolute atomic E-state index is 0.0965. The van der Waals surface area contributed by atoms with E-state index in [4.69, 9.17) is 4.74 Å². The van der Waals surface area contributed by atoms with E-state index >= 15 is 0 Å². The molecule has 1 aromatic heterocycles. The molecule has 1 saturated heterocycles. The Morgan fingerprint density at radius 1 is 1.47 bits per heavy atom. The molecule has 4 heteroatoms. The van der Waals surface area contributed by atoms with Crippen molar-refractivity contribution in [1.29, 1.82) is 0 Å². The summed E-state index contributed by atoms with van der Waals surface area (Å²) < 4.78 is 5.61. The van der Waals surface area contributed by atoms with Gasteiger partial charge in [0.1, 0.15) is 0 Å². The van der Waals surface area contributed by atoms with E-state index in [1.54, 1.807) is 0 Å². The molecule has 0 spiro atoms. The molecule has 1 N–H and O–H groups in total. The second-order valence-corrected chi connectivity index (χ2v) is 4.90. The van der Waals surface area contributed by atoms with Crippen LogP contribution >= 0.6 is 0 Å². The highest BCUT2D eigenvalue weighted by Crippen LogP contribution is 2.20. The fourth-order valence-corrected chi connectivity index (χ4v) is 2.57. The molecule has 2 heterocycles. The minimum Gasteiger partial charge on any atom is -0.375 e. The Labute approximate surface area is 112 Å². The molecular formula is C15H18N2O2. The molecule has 1 fully saturated rings. The number of H-pyrrole nitrogens is 1. The van der Waals surface area contributed by atoms with E-state index in [-0.39, 0.29) is 12.0 Å². The van der Waals surface area contributed by atoms with Gasteiger partial charge in [-0.3, -0.25) is 4.79 Å². The van der Waals surface area contributed by atoms with Crippen molar-refractivity contribution in [3.8, 4) is 0 Å². The van der Waals surface area contributed by atoms with Crippen LogP contribution < -0.4 is 0 Å². The second-order valence-electron chi connectivity index (χ2n) is 4.90. The highest BCUT2D eigenvalue weighted by atomic mass is 16.5. The van der Waals surface area contributed by atoms with Crippen LogP contribution in [-0.2, 0) is 4.74 Å². The summed E-state index contributed by atoms with van der Waals surface area (Å²) in [5.41, 5.74) is 1.76. The number of aromatic amines is 1. The molecule has 3 rings (SSSR count). The van der Waals surface area contributed by atoms with E-state index < -0.39 is 0 Å². The number of fused-ring (bicyclic) bond motifs is 1. The number of rotatable bonds is 2. The fourth-order valence-electron chi connectivity index (χ4n) is 2.57. The lowest BCUT2D eigenvalue weighted by atomic mass is 10.1. The van der Waals surface area contributed by atoms with E-state index in [9.17, 15) is 4.79 Å². The monoisotopic (exact) mass is 258 g/mol. The molecule has 19 heavy (non-hydrogen) atoms. The first kappa shape index (κ1) is 12.2. The van der Waals surface area contributed by atoms with Crippen LogP contribution in [-0.4, -0.2) is 41.6 Å². The van der Waals surface area contributed by atoms with Gasteiger partial charge in [-0.25, -0.2) is 0 Å². The van der Waals surface area contributed by atoms with Crippen molar-refractivity contribution in [2.75, 3.05) is 19.7 Å². The van der Waals surface area contributed by atoms with Crippen LogP contribution in [0.15, 0.2) is 30.5 Å². The molecule has 0 radical (unpaired) electrons. The van der Waals surface area contributed by atoms with Gasteiger partial charge in [-0.1, -0.05) is 25.1 Å². The molecular weight excluding hydrogens is 240 g/mol. The summed E-state index contributed by atoms with van der Waals surface area (Å²) in [6.45, 7) is 4.08. The fraction of sp³-hybridized carbons (Fsp3) is 0.400. The SMILES string of the molecule is CCC1CN(C(=O)c2c[nH]c3ccccc23)CCO1. The van der Waals surface area contributed by atoms with Gasteiger partial charge in [0.15, 0.2) is 0 Å². The normalized spacial score (nSPS) is 19.8. The summed E-state index contributed by atoms with van der Waals surface area (Å²) in [4.78, 5) is 17.6. The molecule has 1 atom stereocenters. The van der Waals surface area contributed by atoms with Crippen LogP contribution in [0.4, 0.5) is 0 Å². The third-order valence-corrected chi connectivity index (χ3v) is 3.70. The van der Waals surface area contributed by atoms with Gasteiger partial charge in [0.05, 0.1) is 18.3 Å². The van der Waals surface area contributed by atoms with Crippen molar-refractivity contribution in [1.82, 2.24) is 9.88 Å². The Morgan fingerprint density at radius 2 is 2.32 bits per heavy atom. The Hall–Kier alpha value is -1.81. The third-order valence-electron chi connectivity index (χ3n) is 3.70. The molecule has 0 bridgehead atoms. The first-order chi connectivity index (χ1) is 9.29. The number of morpholine rings is 1. The predicted molar refractivity (Wildman–Crippen MR) is 74.2 cm³/mol. The Balaban J connectivity index is 1.87. The maximum atomic E-state index is 12.6. The predicted octanol–water partition coefficient (Wildman–Crippen LogP) is 2.42. The van der Waals surface area contributed by atoms with Crippen LogP contribution in [0.2, 0.25) is 0 Å². The number of hydrogen-bond donors (Lipinski definition) is 1. The second kappa shape index (κ2) is 5.05. The molecule has 2 aromatic rings. The van der Waals surface area contributed by atoms with Crippen molar-refractivity contribution >= 4 is 16.8 Å². The number of carbonyl (C=O) groups excluding carboxylic acids is 1. The lowest BCUT2D eigenvalue weighted by molar-refractivity contribution is -0.0225. The minimum atomic E-state index is 0.0965. The average Bonchev–Trinajstić information content (AvgIpc) is 2.90. The van der Waals surface area contributed by atoms with E-state index in [2.05, 4.69) is 11.9 Å². The zero-order chi connectivity index (χ0) is 13.2. The zero-order valence-corrected chi connectivity index (χ0v) is 11.1. The van der Waals surface area contributed by atoms with Crippen molar-refractivity contribution < 1.29 is 9.53 Å². The Kier molecular flexibility index (Phi) is 3.25. The first-order valence-corrected chi connectivity index (χ1v) is 6.76. The smallest absolute Gasteiger partial charge is 0.256 e. The van der Waals surface area contributed by atoms with Crippen molar-refractivity contribution in [3.05, 3.63) is 36.0 Å². The summed E-state index contributed by atoms with van der Waals surface area (Å²) in [5, 5.41) is 0.993. The first-order valence-electron chi connectivity index (χ1n) is 6.76. The van der Waals surface area contributed by atoms with Crippen LogP contribution in [0.5, 0.6) is 0 Å². The highest BCUT2D eigenvalue weighted by Gasteiger charge is 2.25. The molecule has 100 valence electrons. The van der Waals surface area contributed by atoms with Crippen molar-refractivity contribution in [2.45, 2.75) is 19.4 Å². The molecule has 1 aliphatic heterocycles. The summed E-state index contributed by atoms with van der Waals surface area (Å²) >= 11 is 0. The van der Waals surface area contributed by atoms with Gasteiger partial charge in [-0.2, -0.15) is 0 Å². The van der Waals surface area contributed by atoms with Gasteiger partial charge >= 0.3 is 0 Å². The number of benzene rings is 1. The molecule has 0 aliphatic carbocycles. The van der Waals surface area contributed by atoms with Gasteiger partial charge in [-0.15, -0.1) is 0 Å². The van der Waals surface area contributed by atoms with Crippen molar-refractivity contribution in [2.24, 2.45) is 0 Å². The molecule has 1 amide bonds. The van der Waals surface area contributed by atoms with E-state index in [0.717, 1.165) is 22.9 Å². The van der Waals surface area contributed by atoms with Gasteiger partial charge < -0.3 is 14.6 Å². The number of carbonyl (C=O) groups is 1. The number of ether oxygens (including phenoxy) is 1. The number of para-hydroxylation sites is 1. The highest BCUT2D eigenvalue weighted by molar-refractivity contribution is 6.06. The summed E-state index contributed by atoms with van der Waals surface area (Å²) in [5.74, 6) is 0.0965. The van der Waals surface area contributed by atoms with Gasteiger partial charge in [0.25, 0.3) is 5.91 Å². The summed E-state index contributed by atoms with van der Waals surface area (Å²) in [6, 6.07) is 7.90. The van der Waals surface area contributed by atoms with Gasteiger partial charge in [0.2, 0.25) is 0 Å². The van der Waals surface area contributed by atoms with Gasteiger partial charge in [0, 0.05) is 30.2 Å². The molecule has 1 unspecified atom stereocenters. The topological polar surface area (TPSA) is 45.3 Å². The Morgan fingerprint density at radius 3 is 3.16 bits per heavy atom. The lowest BCUT2D eigenvalue weighted by Gasteiger charge is -2.32. The zero-order valence-electron chi connectivity index (χ0n) is 11.1. The quantitative estimate of drug-likeness (QED) is 0.899. The van der Waals surface area contributed by atoms with Crippen LogP contribution in [0.1, 0.15) is 23.7 Å². The standard InChI is InChI=1S/C15H18N2O2/c1-2-11-10-17(7-8-19-11)15(18)13-9-16-14-6-4-3-5-12(13)14/h3-6,9,11,16H,2,7-8,10H2,1H3. The Bertz CT molecular complexity index is 591. The number of nitrogens with zero attached hydrogens (tertiary/aromatic N) is 1. The lowest BCUT2D eigenvalue weighted by Crippen LogP contribution is -2.45. The van der Waals surface area contributed by atoms with E-state index in [1.165, 1.54) is 0 Å². The maximum Gasteiger partial charge on any atom is 0.256 e. The van der Waals surface area contributed by atoms with Crippen molar-refractivity contribution in [3.63, 3.8) is 0 Å². The number of hydrogen-bond acceptors (Lipinski definition) is 2. The molecule has 4 nitrogen and oxygen atoms in total. The number of amides is 1. The van der Waals surface area contributed by atoms with E-state index in [1.807, 2.05) is 35.4 Å².